The summed E-state index contributed by atoms with van der Waals surface area (Å²) in [6.07, 6.45) is 0. The van der Waals surface area contributed by atoms with Crippen LogP contribution in [0, 0.1) is 17.8 Å². The zero-order valence-corrected chi connectivity index (χ0v) is 15.2. The third kappa shape index (κ3) is 7.40. The van der Waals surface area contributed by atoms with Crippen molar-refractivity contribution >= 4 is 5.97 Å². The molecule has 0 aliphatic heterocycles. The van der Waals surface area contributed by atoms with Crippen molar-refractivity contribution in [2.45, 2.75) is 41.5 Å². The molecule has 0 atom stereocenters. The number of carbonyl (C=O) groups is 1. The Balaban J connectivity index is 2.92. The van der Waals surface area contributed by atoms with Gasteiger partial charge in [-0.3, -0.25) is 0 Å². The monoisotopic (exact) mass is 322 g/mol. The van der Waals surface area contributed by atoms with Crippen LogP contribution < -0.4 is 9.47 Å². The molecular formula is C19H30O4. The molecule has 0 aliphatic rings. The van der Waals surface area contributed by atoms with Gasteiger partial charge in [-0.2, -0.15) is 0 Å². The third-order valence-corrected chi connectivity index (χ3v) is 2.87. The number of carbonyl (C=O) groups excluding carboxylic acids is 1. The molecule has 1 rings (SSSR count). The largest absolute Gasteiger partial charge is 0.493 e. The van der Waals surface area contributed by atoms with E-state index in [2.05, 4.69) is 27.7 Å². The number of esters is 1. The van der Waals surface area contributed by atoms with Gasteiger partial charge in [-0.15, -0.1) is 0 Å². The van der Waals surface area contributed by atoms with Crippen LogP contribution in [0.25, 0.3) is 0 Å². The van der Waals surface area contributed by atoms with Gasteiger partial charge in [0.05, 0.1) is 19.8 Å². The fraction of sp³-hybridized carbons (Fsp3) is 0.632. The molecule has 0 saturated carbocycles. The first-order chi connectivity index (χ1) is 10.8. The maximum absolute atomic E-state index is 12.3. The van der Waals surface area contributed by atoms with Crippen molar-refractivity contribution in [3.05, 3.63) is 23.8 Å². The van der Waals surface area contributed by atoms with E-state index in [1.165, 1.54) is 0 Å². The summed E-state index contributed by atoms with van der Waals surface area (Å²) in [6.45, 7) is 13.9. The smallest absolute Gasteiger partial charge is 0.342 e. The van der Waals surface area contributed by atoms with E-state index in [-0.39, 0.29) is 5.97 Å². The van der Waals surface area contributed by atoms with Crippen LogP contribution in [0.2, 0.25) is 0 Å². The van der Waals surface area contributed by atoms with Gasteiger partial charge in [-0.1, -0.05) is 41.5 Å². The van der Waals surface area contributed by atoms with Crippen molar-refractivity contribution in [1.29, 1.82) is 0 Å². The molecule has 0 saturated heterocycles. The molecule has 4 nitrogen and oxygen atoms in total. The standard InChI is InChI=1S/C19H30O4/c1-13(2)10-21-16-7-8-18(22-11-14(3)4)17(9-16)19(20)23-12-15(5)6/h7-9,13-15H,10-12H2,1-6H3. The maximum Gasteiger partial charge on any atom is 0.342 e. The summed E-state index contributed by atoms with van der Waals surface area (Å²) in [4.78, 5) is 12.3. The summed E-state index contributed by atoms with van der Waals surface area (Å²) in [5.41, 5.74) is 0.424. The minimum absolute atomic E-state index is 0.291. The second-order valence-electron chi connectivity index (χ2n) is 7.06. The molecule has 23 heavy (non-hydrogen) atoms. The zero-order valence-electron chi connectivity index (χ0n) is 15.2. The Hall–Kier alpha value is -1.71. The van der Waals surface area contributed by atoms with Crippen LogP contribution >= 0.6 is 0 Å². The highest BCUT2D eigenvalue weighted by Gasteiger charge is 2.17. The van der Waals surface area contributed by atoms with Crippen molar-refractivity contribution in [1.82, 2.24) is 0 Å². The van der Waals surface area contributed by atoms with Crippen molar-refractivity contribution in [3.8, 4) is 11.5 Å². The van der Waals surface area contributed by atoms with E-state index in [1.807, 2.05) is 19.9 Å². The van der Waals surface area contributed by atoms with Gasteiger partial charge < -0.3 is 14.2 Å². The van der Waals surface area contributed by atoms with Gasteiger partial charge in [0.2, 0.25) is 0 Å². The molecule has 130 valence electrons. The van der Waals surface area contributed by atoms with E-state index in [1.54, 1.807) is 12.1 Å². The number of hydrogen-bond donors (Lipinski definition) is 0. The first-order valence-electron chi connectivity index (χ1n) is 8.36. The van der Waals surface area contributed by atoms with E-state index in [9.17, 15) is 4.79 Å². The minimum Gasteiger partial charge on any atom is -0.493 e. The highest BCUT2D eigenvalue weighted by atomic mass is 16.5. The van der Waals surface area contributed by atoms with Crippen LogP contribution in [0.3, 0.4) is 0 Å². The lowest BCUT2D eigenvalue weighted by Gasteiger charge is -2.15. The molecule has 0 radical (unpaired) electrons. The van der Waals surface area contributed by atoms with E-state index in [0.29, 0.717) is 54.6 Å². The van der Waals surface area contributed by atoms with Crippen molar-refractivity contribution < 1.29 is 19.0 Å². The maximum atomic E-state index is 12.3. The van der Waals surface area contributed by atoms with Crippen LogP contribution in [-0.4, -0.2) is 25.8 Å². The van der Waals surface area contributed by atoms with Crippen molar-refractivity contribution in [3.63, 3.8) is 0 Å². The summed E-state index contributed by atoms with van der Waals surface area (Å²) < 4.78 is 16.8. The molecule has 0 aromatic heterocycles. The SMILES string of the molecule is CC(C)COC(=O)c1cc(OCC(C)C)ccc1OCC(C)C. The van der Waals surface area contributed by atoms with Gasteiger partial charge in [-0.25, -0.2) is 4.79 Å². The molecule has 0 bridgehead atoms. The molecule has 0 unspecified atom stereocenters. The second-order valence-corrected chi connectivity index (χ2v) is 7.06. The lowest BCUT2D eigenvalue weighted by molar-refractivity contribution is 0.0453. The van der Waals surface area contributed by atoms with Gasteiger partial charge in [0.25, 0.3) is 0 Å². The molecule has 0 fully saturated rings. The molecule has 1 aromatic rings. The van der Waals surface area contributed by atoms with Gasteiger partial charge >= 0.3 is 5.97 Å². The predicted molar refractivity (Wildman–Crippen MR) is 92.2 cm³/mol. The molecule has 0 spiro atoms. The van der Waals surface area contributed by atoms with E-state index >= 15 is 0 Å². The first-order valence-corrected chi connectivity index (χ1v) is 8.36. The molecule has 1 aromatic carbocycles. The van der Waals surface area contributed by atoms with Crippen LogP contribution in [0.15, 0.2) is 18.2 Å². The summed E-state index contributed by atoms with van der Waals surface area (Å²) in [5.74, 6) is 1.93. The lowest BCUT2D eigenvalue weighted by atomic mass is 10.1. The fourth-order valence-corrected chi connectivity index (χ4v) is 1.72. The van der Waals surface area contributed by atoms with Gasteiger partial charge in [0, 0.05) is 0 Å². The Bertz CT molecular complexity index is 492. The summed E-state index contributed by atoms with van der Waals surface area (Å²) >= 11 is 0. The van der Waals surface area contributed by atoms with Crippen LogP contribution in [0.4, 0.5) is 0 Å². The van der Waals surface area contributed by atoms with Gasteiger partial charge in [-0.05, 0) is 36.0 Å². The lowest BCUT2D eigenvalue weighted by Crippen LogP contribution is -2.14. The Morgan fingerprint density at radius 1 is 0.870 bits per heavy atom. The van der Waals surface area contributed by atoms with Crippen molar-refractivity contribution in [2.75, 3.05) is 19.8 Å². The Kier molecular flexibility index (Phi) is 7.93. The highest BCUT2D eigenvalue weighted by molar-refractivity contribution is 5.93. The summed E-state index contributed by atoms with van der Waals surface area (Å²) in [7, 11) is 0. The van der Waals surface area contributed by atoms with Crippen LogP contribution in [0.1, 0.15) is 51.9 Å². The number of hydrogen-bond acceptors (Lipinski definition) is 4. The third-order valence-electron chi connectivity index (χ3n) is 2.87. The molecule has 0 N–H and O–H groups in total. The first kappa shape index (κ1) is 19.3. The normalized spacial score (nSPS) is 11.2. The number of ether oxygens (including phenoxy) is 3. The van der Waals surface area contributed by atoms with Gasteiger partial charge in [0.1, 0.15) is 17.1 Å². The molecule has 0 amide bonds. The van der Waals surface area contributed by atoms with Crippen LogP contribution in [-0.2, 0) is 4.74 Å². The predicted octanol–water partition coefficient (Wildman–Crippen LogP) is 4.57. The Morgan fingerprint density at radius 2 is 1.43 bits per heavy atom. The summed E-state index contributed by atoms with van der Waals surface area (Å²) in [6, 6.07) is 5.32. The summed E-state index contributed by atoms with van der Waals surface area (Å²) in [5, 5.41) is 0. The Labute approximate surface area is 140 Å². The molecular weight excluding hydrogens is 292 g/mol. The van der Waals surface area contributed by atoms with E-state index in [0.717, 1.165) is 0 Å². The van der Waals surface area contributed by atoms with Crippen molar-refractivity contribution in [2.24, 2.45) is 17.8 Å². The number of benzene rings is 1. The van der Waals surface area contributed by atoms with E-state index < -0.39 is 0 Å². The average Bonchev–Trinajstić information content (AvgIpc) is 2.48. The number of rotatable bonds is 9. The quantitative estimate of drug-likeness (QED) is 0.625. The van der Waals surface area contributed by atoms with Gasteiger partial charge in [0.15, 0.2) is 0 Å². The second kappa shape index (κ2) is 9.43. The fourth-order valence-electron chi connectivity index (χ4n) is 1.72. The average molecular weight is 322 g/mol. The minimum atomic E-state index is -0.368. The highest BCUT2D eigenvalue weighted by Crippen LogP contribution is 2.26. The Morgan fingerprint density at radius 3 is 2.00 bits per heavy atom. The zero-order chi connectivity index (χ0) is 17.4. The molecule has 4 heteroatoms. The topological polar surface area (TPSA) is 44.8 Å². The molecule has 0 heterocycles. The van der Waals surface area contributed by atoms with Crippen LogP contribution in [0.5, 0.6) is 11.5 Å². The molecule has 0 aliphatic carbocycles. The van der Waals surface area contributed by atoms with E-state index in [4.69, 9.17) is 14.2 Å².